The molecular formula is C12H15NO. The highest BCUT2D eigenvalue weighted by Crippen LogP contribution is 2.41. The number of hydrogen-bond acceptors (Lipinski definition) is 1. The highest BCUT2D eigenvalue weighted by molar-refractivity contribution is 5.88. The normalized spacial score (nSPS) is 24.6. The Morgan fingerprint density at radius 3 is 2.86 bits per heavy atom. The minimum Gasteiger partial charge on any atom is -0.369 e. The van der Waals surface area contributed by atoms with Gasteiger partial charge in [0.25, 0.3) is 0 Å². The van der Waals surface area contributed by atoms with Gasteiger partial charge in [-0.15, -0.1) is 0 Å². The van der Waals surface area contributed by atoms with Crippen LogP contribution in [0.3, 0.4) is 0 Å². The Kier molecular flexibility index (Phi) is 2.06. The molecule has 1 unspecified atom stereocenters. The number of benzene rings is 1. The Hall–Kier alpha value is -1.31. The van der Waals surface area contributed by atoms with E-state index in [1.54, 1.807) is 0 Å². The van der Waals surface area contributed by atoms with E-state index in [4.69, 9.17) is 5.73 Å². The van der Waals surface area contributed by atoms with Crippen LogP contribution < -0.4 is 5.73 Å². The zero-order chi connectivity index (χ0) is 10.2. The van der Waals surface area contributed by atoms with Crippen molar-refractivity contribution in [1.29, 1.82) is 0 Å². The second-order valence-corrected chi connectivity index (χ2v) is 3.96. The van der Waals surface area contributed by atoms with E-state index in [-0.39, 0.29) is 5.91 Å². The van der Waals surface area contributed by atoms with Gasteiger partial charge in [0.05, 0.1) is 5.41 Å². The molecular weight excluding hydrogens is 174 g/mol. The lowest BCUT2D eigenvalue weighted by Crippen LogP contribution is -2.38. The molecule has 1 aromatic carbocycles. The van der Waals surface area contributed by atoms with Crippen LogP contribution in [0, 0.1) is 0 Å². The number of hydrogen-bond donors (Lipinski definition) is 1. The van der Waals surface area contributed by atoms with Crippen molar-refractivity contribution in [3.05, 3.63) is 35.4 Å². The van der Waals surface area contributed by atoms with Crippen molar-refractivity contribution in [1.82, 2.24) is 0 Å². The van der Waals surface area contributed by atoms with Crippen LogP contribution in [0.1, 0.15) is 30.9 Å². The van der Waals surface area contributed by atoms with Crippen LogP contribution in [-0.4, -0.2) is 5.91 Å². The Morgan fingerprint density at radius 1 is 1.50 bits per heavy atom. The van der Waals surface area contributed by atoms with E-state index < -0.39 is 5.41 Å². The number of aryl methyl sites for hydroxylation is 1. The van der Waals surface area contributed by atoms with Crippen LogP contribution in [-0.2, 0) is 16.6 Å². The molecule has 2 N–H and O–H groups in total. The van der Waals surface area contributed by atoms with Crippen LogP contribution in [0.15, 0.2) is 24.3 Å². The second-order valence-electron chi connectivity index (χ2n) is 3.96. The van der Waals surface area contributed by atoms with Crippen molar-refractivity contribution < 1.29 is 4.79 Å². The van der Waals surface area contributed by atoms with Crippen molar-refractivity contribution >= 4 is 5.91 Å². The van der Waals surface area contributed by atoms with Gasteiger partial charge < -0.3 is 5.73 Å². The molecule has 1 amide bonds. The van der Waals surface area contributed by atoms with Gasteiger partial charge >= 0.3 is 0 Å². The van der Waals surface area contributed by atoms with Crippen molar-refractivity contribution in [2.45, 2.75) is 31.6 Å². The number of carbonyl (C=O) groups excluding carboxylic acids is 1. The van der Waals surface area contributed by atoms with Gasteiger partial charge in [-0.05, 0) is 30.4 Å². The van der Waals surface area contributed by atoms with Gasteiger partial charge in [-0.25, -0.2) is 0 Å². The van der Waals surface area contributed by atoms with Crippen molar-refractivity contribution in [2.75, 3.05) is 0 Å². The third kappa shape index (κ3) is 1.07. The first-order valence-corrected chi connectivity index (χ1v) is 5.09. The van der Waals surface area contributed by atoms with E-state index >= 15 is 0 Å². The van der Waals surface area contributed by atoms with E-state index in [2.05, 4.69) is 6.07 Å². The van der Waals surface area contributed by atoms with Gasteiger partial charge in [-0.2, -0.15) is 0 Å². The first kappa shape index (κ1) is 9.25. The summed E-state index contributed by atoms with van der Waals surface area (Å²) in [5.41, 5.74) is 7.56. The number of fused-ring (bicyclic) bond motifs is 1. The van der Waals surface area contributed by atoms with Gasteiger partial charge in [0, 0.05) is 0 Å². The van der Waals surface area contributed by atoms with Gasteiger partial charge in [0.15, 0.2) is 0 Å². The molecule has 0 aliphatic heterocycles. The average molecular weight is 189 g/mol. The molecule has 2 nitrogen and oxygen atoms in total. The molecule has 0 fully saturated rings. The summed E-state index contributed by atoms with van der Waals surface area (Å²) in [5, 5.41) is 0. The topological polar surface area (TPSA) is 43.1 Å². The van der Waals surface area contributed by atoms with Crippen LogP contribution in [0.4, 0.5) is 0 Å². The average Bonchev–Trinajstić information content (AvgIpc) is 2.57. The molecule has 1 aliphatic rings. The van der Waals surface area contributed by atoms with E-state index in [0.717, 1.165) is 24.8 Å². The maximum absolute atomic E-state index is 11.5. The van der Waals surface area contributed by atoms with Crippen LogP contribution in [0.2, 0.25) is 0 Å². The van der Waals surface area contributed by atoms with Gasteiger partial charge in [-0.3, -0.25) is 4.79 Å². The Balaban J connectivity index is 2.55. The standard InChI is InChI=1S/C12H15NO/c1-2-12(11(13)14)8-7-9-5-3-4-6-10(9)12/h3-6H,2,7-8H2,1H3,(H2,13,14). The van der Waals surface area contributed by atoms with E-state index in [1.165, 1.54) is 5.56 Å². The minimum absolute atomic E-state index is 0.176. The molecule has 1 atom stereocenters. The quantitative estimate of drug-likeness (QED) is 0.757. The minimum atomic E-state index is -0.392. The molecule has 14 heavy (non-hydrogen) atoms. The first-order valence-electron chi connectivity index (χ1n) is 5.09. The van der Waals surface area contributed by atoms with E-state index in [1.807, 2.05) is 25.1 Å². The monoisotopic (exact) mass is 189 g/mol. The molecule has 0 aromatic heterocycles. The molecule has 74 valence electrons. The van der Waals surface area contributed by atoms with Crippen molar-refractivity contribution in [2.24, 2.45) is 5.73 Å². The summed E-state index contributed by atoms with van der Waals surface area (Å²) in [4.78, 5) is 11.5. The molecule has 0 bridgehead atoms. The number of rotatable bonds is 2. The second kappa shape index (κ2) is 3.12. The zero-order valence-corrected chi connectivity index (χ0v) is 8.42. The molecule has 1 aliphatic carbocycles. The Bertz CT molecular complexity index is 372. The highest BCUT2D eigenvalue weighted by atomic mass is 16.1. The zero-order valence-electron chi connectivity index (χ0n) is 8.42. The van der Waals surface area contributed by atoms with E-state index in [0.29, 0.717) is 0 Å². The maximum Gasteiger partial charge on any atom is 0.228 e. The highest BCUT2D eigenvalue weighted by Gasteiger charge is 2.41. The Labute approximate surface area is 84.1 Å². The van der Waals surface area contributed by atoms with Crippen molar-refractivity contribution in [3.63, 3.8) is 0 Å². The first-order chi connectivity index (χ1) is 6.70. The van der Waals surface area contributed by atoms with E-state index in [9.17, 15) is 4.79 Å². The number of primary amides is 1. The summed E-state index contributed by atoms with van der Waals surface area (Å²) in [5.74, 6) is -0.176. The van der Waals surface area contributed by atoms with Crippen LogP contribution >= 0.6 is 0 Å². The smallest absolute Gasteiger partial charge is 0.228 e. The number of nitrogens with two attached hydrogens (primary N) is 1. The van der Waals surface area contributed by atoms with Crippen LogP contribution in [0.25, 0.3) is 0 Å². The number of amides is 1. The lowest BCUT2D eigenvalue weighted by molar-refractivity contribution is -0.123. The fraction of sp³-hybridized carbons (Fsp3) is 0.417. The number of carbonyl (C=O) groups is 1. The summed E-state index contributed by atoms with van der Waals surface area (Å²) in [6.07, 6.45) is 2.66. The van der Waals surface area contributed by atoms with Gasteiger partial charge in [0.2, 0.25) is 5.91 Å². The third-order valence-electron chi connectivity index (χ3n) is 3.43. The molecule has 2 heteroatoms. The summed E-state index contributed by atoms with van der Waals surface area (Å²) >= 11 is 0. The Morgan fingerprint density at radius 2 is 2.21 bits per heavy atom. The lowest BCUT2D eigenvalue weighted by Gasteiger charge is -2.24. The molecule has 0 heterocycles. The molecule has 0 saturated carbocycles. The summed E-state index contributed by atoms with van der Waals surface area (Å²) in [6, 6.07) is 8.13. The predicted octanol–water partition coefficient (Wildman–Crippen LogP) is 1.77. The SMILES string of the molecule is CCC1(C(N)=O)CCc2ccccc21. The molecule has 2 rings (SSSR count). The van der Waals surface area contributed by atoms with Crippen molar-refractivity contribution in [3.8, 4) is 0 Å². The molecule has 0 saturated heterocycles. The van der Waals surface area contributed by atoms with Crippen LogP contribution in [0.5, 0.6) is 0 Å². The summed E-state index contributed by atoms with van der Waals surface area (Å²) < 4.78 is 0. The van der Waals surface area contributed by atoms with Gasteiger partial charge in [-0.1, -0.05) is 31.2 Å². The molecule has 0 spiro atoms. The third-order valence-corrected chi connectivity index (χ3v) is 3.43. The summed E-state index contributed by atoms with van der Waals surface area (Å²) in [6.45, 7) is 2.03. The van der Waals surface area contributed by atoms with Gasteiger partial charge in [0.1, 0.15) is 0 Å². The fourth-order valence-corrected chi connectivity index (χ4v) is 2.49. The molecule has 1 aromatic rings. The maximum atomic E-state index is 11.5. The summed E-state index contributed by atoms with van der Waals surface area (Å²) in [7, 11) is 0. The lowest BCUT2D eigenvalue weighted by atomic mass is 9.79. The molecule has 0 radical (unpaired) electrons. The largest absolute Gasteiger partial charge is 0.369 e. The fourth-order valence-electron chi connectivity index (χ4n) is 2.49. The predicted molar refractivity (Wildman–Crippen MR) is 55.9 cm³/mol.